The van der Waals surface area contributed by atoms with Crippen LogP contribution in [-0.2, 0) is 4.74 Å². The highest BCUT2D eigenvalue weighted by Gasteiger charge is 2.25. The third kappa shape index (κ3) is 9.26. The van der Waals surface area contributed by atoms with Gasteiger partial charge in [0.2, 0.25) is 0 Å². The van der Waals surface area contributed by atoms with E-state index in [0.717, 1.165) is 32.4 Å². The van der Waals surface area contributed by atoms with Gasteiger partial charge < -0.3 is 20.3 Å². The fourth-order valence-corrected chi connectivity index (χ4v) is 2.84. The smallest absolute Gasteiger partial charge is 0.407 e. The Kier molecular flexibility index (Phi) is 8.18. The molecule has 0 aliphatic heterocycles. The molecule has 5 nitrogen and oxygen atoms in total. The second-order valence-electron chi connectivity index (χ2n) is 7.67. The molecule has 1 aliphatic rings. The molecule has 2 N–H and O–H groups in total. The Morgan fingerprint density at radius 3 is 2.50 bits per heavy atom. The van der Waals surface area contributed by atoms with Crippen molar-refractivity contribution in [2.45, 2.75) is 77.0 Å². The normalized spacial score (nSPS) is 22.6. The first-order chi connectivity index (χ1) is 10.3. The predicted octanol–water partition coefficient (Wildman–Crippen LogP) is 2.75. The second kappa shape index (κ2) is 9.36. The summed E-state index contributed by atoms with van der Waals surface area (Å²) in [6.07, 6.45) is 6.58. The minimum absolute atomic E-state index is 0.239. The van der Waals surface area contributed by atoms with Crippen molar-refractivity contribution < 1.29 is 9.53 Å². The molecular formula is C17H35N3O2. The van der Waals surface area contributed by atoms with Gasteiger partial charge in [0, 0.05) is 12.1 Å². The molecule has 1 saturated carbocycles. The van der Waals surface area contributed by atoms with Crippen LogP contribution in [0.1, 0.15) is 59.3 Å². The molecule has 0 spiro atoms. The molecule has 2 atom stereocenters. The Labute approximate surface area is 136 Å². The molecule has 0 heterocycles. The molecule has 0 saturated heterocycles. The average Bonchev–Trinajstić information content (AvgIpc) is 2.36. The van der Waals surface area contributed by atoms with E-state index in [2.05, 4.69) is 29.6 Å². The van der Waals surface area contributed by atoms with Crippen molar-refractivity contribution in [1.29, 1.82) is 0 Å². The predicted molar refractivity (Wildman–Crippen MR) is 91.2 cm³/mol. The van der Waals surface area contributed by atoms with E-state index in [1.165, 1.54) is 19.3 Å². The summed E-state index contributed by atoms with van der Waals surface area (Å²) in [5, 5.41) is 6.65. The van der Waals surface area contributed by atoms with Crippen LogP contribution in [0.25, 0.3) is 0 Å². The largest absolute Gasteiger partial charge is 0.444 e. The topological polar surface area (TPSA) is 53.6 Å². The number of amides is 1. The molecule has 1 aliphatic carbocycles. The van der Waals surface area contributed by atoms with E-state index >= 15 is 0 Å². The van der Waals surface area contributed by atoms with Gasteiger partial charge in [0.1, 0.15) is 5.60 Å². The van der Waals surface area contributed by atoms with Crippen LogP contribution in [0.4, 0.5) is 4.79 Å². The Hall–Kier alpha value is -0.810. The Balaban J connectivity index is 2.19. The number of rotatable bonds is 7. The van der Waals surface area contributed by atoms with Gasteiger partial charge in [-0.05, 0) is 86.5 Å². The number of ether oxygens (including phenoxy) is 1. The average molecular weight is 313 g/mol. The second-order valence-corrected chi connectivity index (χ2v) is 7.67. The molecule has 0 aromatic rings. The lowest BCUT2D eigenvalue weighted by atomic mass is 9.91. The highest BCUT2D eigenvalue weighted by molar-refractivity contribution is 5.68. The van der Waals surface area contributed by atoms with Gasteiger partial charge in [0.15, 0.2) is 0 Å². The summed E-state index contributed by atoms with van der Waals surface area (Å²) in [5.41, 5.74) is -0.428. The van der Waals surface area contributed by atoms with Crippen LogP contribution in [-0.4, -0.2) is 55.9 Å². The highest BCUT2D eigenvalue weighted by atomic mass is 16.6. The summed E-state index contributed by atoms with van der Waals surface area (Å²) in [7, 11) is 4.23. The van der Waals surface area contributed by atoms with Crippen LogP contribution in [0.3, 0.4) is 0 Å². The van der Waals surface area contributed by atoms with Gasteiger partial charge in [-0.15, -0.1) is 0 Å². The zero-order valence-electron chi connectivity index (χ0n) is 15.1. The van der Waals surface area contributed by atoms with Crippen molar-refractivity contribution in [2.75, 3.05) is 27.2 Å². The fraction of sp³-hybridized carbons (Fsp3) is 0.941. The van der Waals surface area contributed by atoms with Crippen LogP contribution in [0.5, 0.6) is 0 Å². The quantitative estimate of drug-likeness (QED) is 0.710. The van der Waals surface area contributed by atoms with Gasteiger partial charge in [0.25, 0.3) is 0 Å². The number of hydrogen-bond acceptors (Lipinski definition) is 4. The minimum Gasteiger partial charge on any atom is -0.444 e. The number of nitrogens with zero attached hydrogens (tertiary/aromatic N) is 1. The molecule has 5 heteroatoms. The minimum atomic E-state index is -0.428. The third-order valence-electron chi connectivity index (χ3n) is 3.86. The van der Waals surface area contributed by atoms with Crippen molar-refractivity contribution in [3.05, 3.63) is 0 Å². The van der Waals surface area contributed by atoms with Gasteiger partial charge in [-0.2, -0.15) is 0 Å². The molecule has 130 valence electrons. The Morgan fingerprint density at radius 2 is 1.86 bits per heavy atom. The Bertz CT molecular complexity index is 326. The zero-order valence-corrected chi connectivity index (χ0v) is 15.1. The molecular weight excluding hydrogens is 278 g/mol. The van der Waals surface area contributed by atoms with Crippen LogP contribution in [0.2, 0.25) is 0 Å². The van der Waals surface area contributed by atoms with E-state index in [1.54, 1.807) is 0 Å². The summed E-state index contributed by atoms with van der Waals surface area (Å²) < 4.78 is 5.34. The van der Waals surface area contributed by atoms with E-state index < -0.39 is 5.60 Å². The van der Waals surface area contributed by atoms with E-state index in [1.807, 2.05) is 20.8 Å². The summed E-state index contributed by atoms with van der Waals surface area (Å²) in [6, 6.07) is 0.760. The lowest BCUT2D eigenvalue weighted by Crippen LogP contribution is -2.45. The first-order valence-electron chi connectivity index (χ1n) is 8.64. The van der Waals surface area contributed by atoms with Crippen molar-refractivity contribution in [2.24, 2.45) is 0 Å². The summed E-state index contributed by atoms with van der Waals surface area (Å²) in [5.74, 6) is 0. The van der Waals surface area contributed by atoms with Crippen molar-refractivity contribution in [3.63, 3.8) is 0 Å². The molecule has 1 rings (SSSR count). The van der Waals surface area contributed by atoms with Crippen LogP contribution in [0.15, 0.2) is 0 Å². The molecule has 0 aromatic heterocycles. The number of unbranched alkanes of at least 4 members (excludes halogenated alkanes) is 1. The number of carbonyl (C=O) groups excluding carboxylic acids is 1. The van der Waals surface area contributed by atoms with E-state index in [4.69, 9.17) is 4.74 Å². The fourth-order valence-electron chi connectivity index (χ4n) is 2.84. The number of carbonyl (C=O) groups is 1. The summed E-state index contributed by atoms with van der Waals surface area (Å²) >= 11 is 0. The van der Waals surface area contributed by atoms with Gasteiger partial charge in [-0.25, -0.2) is 4.79 Å². The first kappa shape index (κ1) is 19.2. The molecule has 0 bridgehead atoms. The molecule has 1 fully saturated rings. The molecule has 2 unspecified atom stereocenters. The number of nitrogens with one attached hydrogen (secondary N) is 2. The van der Waals surface area contributed by atoms with Crippen LogP contribution < -0.4 is 10.6 Å². The molecule has 0 aromatic carbocycles. The zero-order chi connectivity index (χ0) is 16.6. The van der Waals surface area contributed by atoms with Gasteiger partial charge in [0.05, 0.1) is 0 Å². The number of hydrogen-bond donors (Lipinski definition) is 2. The van der Waals surface area contributed by atoms with Crippen LogP contribution >= 0.6 is 0 Å². The maximum atomic E-state index is 11.8. The van der Waals surface area contributed by atoms with Crippen molar-refractivity contribution >= 4 is 6.09 Å². The molecule has 22 heavy (non-hydrogen) atoms. The van der Waals surface area contributed by atoms with Gasteiger partial charge >= 0.3 is 6.09 Å². The Morgan fingerprint density at radius 1 is 1.18 bits per heavy atom. The van der Waals surface area contributed by atoms with Crippen molar-refractivity contribution in [1.82, 2.24) is 15.5 Å². The third-order valence-corrected chi connectivity index (χ3v) is 3.86. The standard InChI is InChI=1S/C17H35N3O2/c1-17(2,3)22-16(21)19-15-10-8-9-14(13-15)18-11-6-7-12-20(4)5/h14-15,18H,6-13H2,1-5H3,(H,19,21). The highest BCUT2D eigenvalue weighted by Crippen LogP contribution is 2.19. The maximum absolute atomic E-state index is 11.8. The van der Waals surface area contributed by atoms with E-state index in [-0.39, 0.29) is 12.1 Å². The lowest BCUT2D eigenvalue weighted by molar-refractivity contribution is 0.0488. The summed E-state index contributed by atoms with van der Waals surface area (Å²) in [6.45, 7) is 7.90. The molecule has 1 amide bonds. The van der Waals surface area contributed by atoms with Crippen LogP contribution in [0, 0.1) is 0 Å². The SMILES string of the molecule is CN(C)CCCCNC1CCCC(NC(=O)OC(C)(C)C)C1. The number of alkyl carbamates (subject to hydrolysis) is 1. The lowest BCUT2D eigenvalue weighted by Gasteiger charge is -2.31. The first-order valence-corrected chi connectivity index (χ1v) is 8.64. The summed E-state index contributed by atoms with van der Waals surface area (Å²) in [4.78, 5) is 14.1. The maximum Gasteiger partial charge on any atom is 0.407 e. The van der Waals surface area contributed by atoms with Gasteiger partial charge in [-0.3, -0.25) is 0 Å². The van der Waals surface area contributed by atoms with E-state index in [0.29, 0.717) is 6.04 Å². The van der Waals surface area contributed by atoms with E-state index in [9.17, 15) is 4.79 Å². The van der Waals surface area contributed by atoms with Gasteiger partial charge in [-0.1, -0.05) is 0 Å². The van der Waals surface area contributed by atoms with Crippen molar-refractivity contribution in [3.8, 4) is 0 Å². The molecule has 0 radical (unpaired) electrons. The monoisotopic (exact) mass is 313 g/mol.